The number of nitrogens with zero attached hydrogens (tertiary/aromatic N) is 3. The first-order valence-corrected chi connectivity index (χ1v) is 14.9. The summed E-state index contributed by atoms with van der Waals surface area (Å²) in [6.07, 6.45) is 8.55. The van der Waals surface area contributed by atoms with Gasteiger partial charge in [-0.3, -0.25) is 4.79 Å². The number of nitrogens with one attached hydrogen (secondary N) is 4. The molecule has 0 bridgehead atoms. The first-order chi connectivity index (χ1) is 20.7. The van der Waals surface area contributed by atoms with Crippen molar-refractivity contribution in [1.82, 2.24) is 20.3 Å². The largest absolute Gasteiger partial charge is 0.497 e. The molecule has 0 atom stereocenters. The molecule has 4 rings (SSSR count). The first-order valence-electron chi connectivity index (χ1n) is 14.9. The monoisotopic (exact) mass is 577 g/mol. The maximum atomic E-state index is 12.0. The lowest BCUT2D eigenvalue weighted by Gasteiger charge is -2.21. The van der Waals surface area contributed by atoms with Crippen LogP contribution in [-0.4, -0.2) is 73.5 Å². The highest BCUT2D eigenvalue weighted by Crippen LogP contribution is 2.22. The third-order valence-electron chi connectivity index (χ3n) is 6.89. The molecule has 1 fully saturated rings. The molecule has 42 heavy (non-hydrogen) atoms. The first kappa shape index (κ1) is 31.0. The Morgan fingerprint density at radius 1 is 0.762 bits per heavy atom. The molecule has 0 unspecified atom stereocenters. The van der Waals surface area contributed by atoms with Gasteiger partial charge in [0.1, 0.15) is 5.75 Å². The van der Waals surface area contributed by atoms with E-state index in [0.717, 1.165) is 24.3 Å². The van der Waals surface area contributed by atoms with E-state index in [2.05, 4.69) is 36.2 Å². The number of ether oxygens (including phenoxy) is 3. The molecule has 226 valence electrons. The summed E-state index contributed by atoms with van der Waals surface area (Å²) in [4.78, 5) is 25.9. The van der Waals surface area contributed by atoms with Crippen molar-refractivity contribution in [3.63, 3.8) is 0 Å². The van der Waals surface area contributed by atoms with Gasteiger partial charge in [-0.15, -0.1) is 0 Å². The van der Waals surface area contributed by atoms with E-state index in [1.165, 1.54) is 32.1 Å². The van der Waals surface area contributed by atoms with Gasteiger partial charge < -0.3 is 35.5 Å². The molecule has 1 aliphatic carbocycles. The van der Waals surface area contributed by atoms with E-state index in [4.69, 9.17) is 14.2 Å². The van der Waals surface area contributed by atoms with Gasteiger partial charge in [-0.05, 0) is 49.2 Å². The lowest BCUT2D eigenvalue weighted by atomic mass is 9.97. The Morgan fingerprint density at radius 2 is 1.40 bits per heavy atom. The molecule has 1 aliphatic rings. The van der Waals surface area contributed by atoms with Crippen LogP contribution in [0.5, 0.6) is 5.75 Å². The van der Waals surface area contributed by atoms with Crippen LogP contribution in [0.2, 0.25) is 0 Å². The maximum absolute atomic E-state index is 12.0. The standard InChI is InChI=1S/C31H43N7O4/c1-40-27-16-14-26(15-17-27)35-31-37-29(36-30(38-31)34-25-12-8-3-2-4-9-13-25)33-19-21-42-23-22-41-20-18-32-28(39)24-10-6-5-7-11-24/h5-7,10-11,14-17,25H,2-4,8-9,12-13,18-23H2,1H3,(H,32,39)(H3,33,34,35,36,37,38). The summed E-state index contributed by atoms with van der Waals surface area (Å²) in [5, 5.41) is 12.9. The van der Waals surface area contributed by atoms with Crippen LogP contribution in [0.15, 0.2) is 54.6 Å². The van der Waals surface area contributed by atoms with Crippen LogP contribution in [0.4, 0.5) is 23.5 Å². The van der Waals surface area contributed by atoms with E-state index in [-0.39, 0.29) is 5.91 Å². The maximum Gasteiger partial charge on any atom is 0.251 e. The third kappa shape index (κ3) is 11.1. The van der Waals surface area contributed by atoms with Crippen LogP contribution in [0, 0.1) is 0 Å². The van der Waals surface area contributed by atoms with Crippen molar-refractivity contribution in [2.75, 3.05) is 62.6 Å². The minimum absolute atomic E-state index is 0.106. The van der Waals surface area contributed by atoms with E-state index >= 15 is 0 Å². The molecule has 2 aromatic carbocycles. The van der Waals surface area contributed by atoms with Crippen LogP contribution in [-0.2, 0) is 9.47 Å². The highest BCUT2D eigenvalue weighted by Gasteiger charge is 2.15. The van der Waals surface area contributed by atoms with Gasteiger partial charge in [-0.1, -0.05) is 50.3 Å². The van der Waals surface area contributed by atoms with Gasteiger partial charge in [0.15, 0.2) is 0 Å². The number of benzene rings is 2. The van der Waals surface area contributed by atoms with Gasteiger partial charge in [-0.2, -0.15) is 15.0 Å². The Balaban J connectivity index is 1.20. The van der Waals surface area contributed by atoms with Crippen molar-refractivity contribution in [1.29, 1.82) is 0 Å². The molecule has 11 heteroatoms. The van der Waals surface area contributed by atoms with Crippen molar-refractivity contribution in [2.24, 2.45) is 0 Å². The molecule has 1 saturated carbocycles. The van der Waals surface area contributed by atoms with Crippen LogP contribution in [0.25, 0.3) is 0 Å². The topological polar surface area (TPSA) is 132 Å². The number of methoxy groups -OCH3 is 1. The predicted molar refractivity (Wildman–Crippen MR) is 165 cm³/mol. The van der Waals surface area contributed by atoms with Crippen LogP contribution >= 0.6 is 0 Å². The Bertz CT molecular complexity index is 1190. The summed E-state index contributed by atoms with van der Waals surface area (Å²) < 4.78 is 16.5. The molecule has 0 saturated heterocycles. The van der Waals surface area contributed by atoms with E-state index < -0.39 is 0 Å². The van der Waals surface area contributed by atoms with E-state index in [0.29, 0.717) is 69.0 Å². The number of rotatable bonds is 16. The Kier molecular flexibility index (Phi) is 13.1. The number of carbonyl (C=O) groups is 1. The molecule has 4 N–H and O–H groups in total. The molecule has 1 heterocycles. The summed E-state index contributed by atoms with van der Waals surface area (Å²) in [6, 6.07) is 17.1. The molecule has 1 amide bonds. The molecule has 3 aromatic rings. The molecule has 0 aliphatic heterocycles. The fraction of sp³-hybridized carbons (Fsp3) is 0.484. The molecule has 1 aromatic heterocycles. The summed E-state index contributed by atoms with van der Waals surface area (Å²) in [5.74, 6) is 2.17. The fourth-order valence-electron chi connectivity index (χ4n) is 4.65. The smallest absolute Gasteiger partial charge is 0.251 e. The summed E-state index contributed by atoms with van der Waals surface area (Å²) in [7, 11) is 1.64. The van der Waals surface area contributed by atoms with E-state index in [1.54, 1.807) is 19.2 Å². The number of anilines is 4. The van der Waals surface area contributed by atoms with Gasteiger partial charge in [0.05, 0.1) is 33.5 Å². The van der Waals surface area contributed by atoms with Gasteiger partial charge in [0, 0.05) is 30.4 Å². The normalized spacial score (nSPS) is 13.9. The van der Waals surface area contributed by atoms with Crippen LogP contribution in [0.3, 0.4) is 0 Å². The quantitative estimate of drug-likeness (QED) is 0.172. The second kappa shape index (κ2) is 17.8. The lowest BCUT2D eigenvalue weighted by molar-refractivity contribution is 0.0519. The number of aromatic nitrogens is 3. The molecule has 0 radical (unpaired) electrons. The third-order valence-corrected chi connectivity index (χ3v) is 6.89. The molecule has 11 nitrogen and oxygen atoms in total. The molecular formula is C31H43N7O4. The number of hydrogen-bond acceptors (Lipinski definition) is 10. The van der Waals surface area contributed by atoms with Crippen LogP contribution < -0.4 is 26.0 Å². The second-order valence-corrected chi connectivity index (χ2v) is 10.1. The van der Waals surface area contributed by atoms with Gasteiger partial charge >= 0.3 is 0 Å². The number of carbonyl (C=O) groups excluding carboxylic acids is 1. The van der Waals surface area contributed by atoms with Gasteiger partial charge in [0.2, 0.25) is 17.8 Å². The fourth-order valence-corrected chi connectivity index (χ4v) is 4.65. The van der Waals surface area contributed by atoms with Crippen molar-refractivity contribution in [2.45, 2.75) is 51.0 Å². The number of amides is 1. The van der Waals surface area contributed by atoms with Crippen LogP contribution in [0.1, 0.15) is 55.3 Å². The Morgan fingerprint density at radius 3 is 2.12 bits per heavy atom. The lowest BCUT2D eigenvalue weighted by Crippen LogP contribution is -2.27. The minimum atomic E-state index is -0.106. The van der Waals surface area contributed by atoms with Crippen molar-refractivity contribution >= 4 is 29.4 Å². The Hall–Kier alpha value is -3.96. The van der Waals surface area contributed by atoms with Crippen molar-refractivity contribution in [3.8, 4) is 5.75 Å². The second-order valence-electron chi connectivity index (χ2n) is 10.1. The van der Waals surface area contributed by atoms with Crippen molar-refractivity contribution < 1.29 is 19.0 Å². The van der Waals surface area contributed by atoms with E-state index in [9.17, 15) is 4.79 Å². The van der Waals surface area contributed by atoms with Crippen molar-refractivity contribution in [3.05, 3.63) is 60.2 Å². The molecular weight excluding hydrogens is 534 g/mol. The number of hydrogen-bond donors (Lipinski definition) is 4. The van der Waals surface area contributed by atoms with Gasteiger partial charge in [-0.25, -0.2) is 0 Å². The summed E-state index contributed by atoms with van der Waals surface area (Å²) in [5.41, 5.74) is 1.49. The summed E-state index contributed by atoms with van der Waals surface area (Å²) >= 11 is 0. The average molecular weight is 578 g/mol. The average Bonchev–Trinajstić information content (AvgIpc) is 3.00. The zero-order valence-corrected chi connectivity index (χ0v) is 24.4. The molecule has 0 spiro atoms. The highest BCUT2D eigenvalue weighted by atomic mass is 16.5. The summed E-state index contributed by atoms with van der Waals surface area (Å²) in [6.45, 7) is 2.75. The minimum Gasteiger partial charge on any atom is -0.497 e. The Labute approximate surface area is 248 Å². The SMILES string of the molecule is COc1ccc(Nc2nc(NCCOCCOCCNC(=O)c3ccccc3)nc(NC3CCCCCCC3)n2)cc1. The zero-order chi connectivity index (χ0) is 29.2. The predicted octanol–water partition coefficient (Wildman–Crippen LogP) is 5.02. The zero-order valence-electron chi connectivity index (χ0n) is 24.4. The van der Waals surface area contributed by atoms with Gasteiger partial charge in [0.25, 0.3) is 5.91 Å². The highest BCUT2D eigenvalue weighted by molar-refractivity contribution is 5.94. The van der Waals surface area contributed by atoms with E-state index in [1.807, 2.05) is 42.5 Å².